The number of alkyl halides is 4. The van der Waals surface area contributed by atoms with Gasteiger partial charge in [-0.25, -0.2) is 0 Å². The molecule has 0 bridgehead atoms. The summed E-state index contributed by atoms with van der Waals surface area (Å²) in [4.78, 5) is 24.1. The Hall–Kier alpha value is -2.90. The normalized spacial score (nSPS) is 10.8. The second-order valence-corrected chi connectivity index (χ2v) is 4.46. The zero-order valence-electron chi connectivity index (χ0n) is 11.9. The largest absolute Gasteiger partial charge is 0.435 e. The van der Waals surface area contributed by atoms with Crippen LogP contribution in [0, 0.1) is 0 Å². The Morgan fingerprint density at radius 2 is 0.917 bits per heavy atom. The van der Waals surface area contributed by atoms with E-state index in [0.717, 1.165) is 24.3 Å². The molecule has 0 heterocycles. The lowest BCUT2D eigenvalue weighted by Crippen LogP contribution is -2.14. The zero-order valence-corrected chi connectivity index (χ0v) is 11.9. The third-order valence-electron chi connectivity index (χ3n) is 2.89. The van der Waals surface area contributed by atoms with Crippen LogP contribution >= 0.6 is 0 Å². The van der Waals surface area contributed by atoms with Gasteiger partial charge in [-0.2, -0.15) is 17.6 Å². The van der Waals surface area contributed by atoms with Gasteiger partial charge in [0, 0.05) is 11.1 Å². The molecule has 0 N–H and O–H groups in total. The molecule has 0 aliphatic rings. The van der Waals surface area contributed by atoms with Crippen molar-refractivity contribution >= 4 is 11.6 Å². The highest BCUT2D eigenvalue weighted by atomic mass is 19.3. The summed E-state index contributed by atoms with van der Waals surface area (Å²) in [6, 6.07) is 9.22. The Morgan fingerprint density at radius 3 is 1.17 bits per heavy atom. The van der Waals surface area contributed by atoms with Crippen LogP contribution in [0.15, 0.2) is 48.5 Å². The first-order valence-electron chi connectivity index (χ1n) is 6.55. The average Bonchev–Trinajstić information content (AvgIpc) is 2.54. The van der Waals surface area contributed by atoms with Gasteiger partial charge in [0.05, 0.1) is 0 Å². The Bertz CT molecular complexity index is 648. The maximum atomic E-state index is 12.1. The van der Waals surface area contributed by atoms with Gasteiger partial charge in [-0.15, -0.1) is 0 Å². The van der Waals surface area contributed by atoms with Crippen LogP contribution in [0.4, 0.5) is 17.6 Å². The molecule has 8 heteroatoms. The molecule has 0 saturated heterocycles. The lowest BCUT2D eigenvalue weighted by atomic mass is 10.0. The fourth-order valence-electron chi connectivity index (χ4n) is 1.84. The number of halogens is 4. The number of ether oxygens (including phenoxy) is 2. The van der Waals surface area contributed by atoms with E-state index in [4.69, 9.17) is 0 Å². The van der Waals surface area contributed by atoms with E-state index in [1.54, 1.807) is 0 Å². The summed E-state index contributed by atoms with van der Waals surface area (Å²) in [6.07, 6.45) is 0. The predicted molar refractivity (Wildman–Crippen MR) is 74.8 cm³/mol. The highest BCUT2D eigenvalue weighted by molar-refractivity contribution is 6.49. The predicted octanol–water partition coefficient (Wildman–Crippen LogP) is 3.96. The molecule has 2 rings (SSSR count). The molecule has 24 heavy (non-hydrogen) atoms. The Kier molecular flexibility index (Phi) is 5.51. The molecular weight excluding hydrogens is 332 g/mol. The summed E-state index contributed by atoms with van der Waals surface area (Å²) in [5.74, 6) is -2.05. The molecule has 4 nitrogen and oxygen atoms in total. The molecule has 0 amide bonds. The molecule has 0 radical (unpaired) electrons. The minimum atomic E-state index is -3.00. The number of hydrogen-bond donors (Lipinski definition) is 0. The van der Waals surface area contributed by atoms with E-state index in [2.05, 4.69) is 9.47 Å². The summed E-state index contributed by atoms with van der Waals surface area (Å²) in [5.41, 5.74) is -0.0379. The van der Waals surface area contributed by atoms with E-state index in [1.807, 2.05) is 0 Å². The number of Topliss-reactive ketones (excluding diaryl/α,β-unsaturated/α-hetero) is 2. The second-order valence-electron chi connectivity index (χ2n) is 4.46. The third-order valence-corrected chi connectivity index (χ3v) is 2.89. The van der Waals surface area contributed by atoms with E-state index in [1.165, 1.54) is 24.3 Å². The van der Waals surface area contributed by atoms with Crippen LogP contribution in [-0.2, 0) is 0 Å². The standard InChI is InChI=1S/C16H10F4O4/c17-15(18)23-11-5-1-9(2-6-11)13(21)14(22)10-3-7-12(8-4-10)24-16(19)20/h1-8,15-16H. The molecule has 0 unspecified atom stereocenters. The Balaban J connectivity index is 2.10. The molecule has 2 aromatic carbocycles. The fraction of sp³-hybridized carbons (Fsp3) is 0.125. The van der Waals surface area contributed by atoms with E-state index in [0.29, 0.717) is 0 Å². The van der Waals surface area contributed by atoms with Crippen LogP contribution in [0.25, 0.3) is 0 Å². The first-order valence-corrected chi connectivity index (χ1v) is 6.55. The van der Waals surface area contributed by atoms with Crippen molar-refractivity contribution in [3.63, 3.8) is 0 Å². The molecule has 0 atom stereocenters. The van der Waals surface area contributed by atoms with Crippen molar-refractivity contribution in [2.24, 2.45) is 0 Å². The second kappa shape index (κ2) is 7.58. The van der Waals surface area contributed by atoms with Gasteiger partial charge in [0.1, 0.15) is 11.5 Å². The summed E-state index contributed by atoms with van der Waals surface area (Å²) >= 11 is 0. The van der Waals surface area contributed by atoms with Crippen LogP contribution in [0.5, 0.6) is 11.5 Å². The maximum absolute atomic E-state index is 12.1. The molecule has 2 aromatic rings. The fourth-order valence-corrected chi connectivity index (χ4v) is 1.84. The van der Waals surface area contributed by atoms with Gasteiger partial charge >= 0.3 is 13.2 Å². The van der Waals surface area contributed by atoms with E-state index < -0.39 is 24.8 Å². The number of hydrogen-bond acceptors (Lipinski definition) is 4. The molecule has 0 saturated carbocycles. The van der Waals surface area contributed by atoms with Gasteiger partial charge in [-0.05, 0) is 48.5 Å². The van der Waals surface area contributed by atoms with Crippen molar-refractivity contribution < 1.29 is 36.6 Å². The van der Waals surface area contributed by atoms with Crippen molar-refractivity contribution in [1.82, 2.24) is 0 Å². The molecule has 126 valence electrons. The third kappa shape index (κ3) is 4.55. The number of benzene rings is 2. The maximum Gasteiger partial charge on any atom is 0.387 e. The van der Waals surface area contributed by atoms with E-state index in [9.17, 15) is 27.2 Å². The average molecular weight is 342 g/mol. The summed E-state index contributed by atoms with van der Waals surface area (Å²) in [7, 11) is 0. The summed E-state index contributed by atoms with van der Waals surface area (Å²) in [6.45, 7) is -6.00. The van der Waals surface area contributed by atoms with Gasteiger partial charge < -0.3 is 9.47 Å². The summed E-state index contributed by atoms with van der Waals surface area (Å²) < 4.78 is 56.4. The Labute approximate surface area is 133 Å². The quantitative estimate of drug-likeness (QED) is 0.434. The van der Waals surface area contributed by atoms with Gasteiger partial charge in [-0.1, -0.05) is 0 Å². The minimum Gasteiger partial charge on any atom is -0.435 e. The van der Waals surface area contributed by atoms with E-state index >= 15 is 0 Å². The first-order chi connectivity index (χ1) is 11.4. The number of carbonyl (C=O) groups is 2. The van der Waals surface area contributed by atoms with Crippen LogP contribution in [0.3, 0.4) is 0 Å². The van der Waals surface area contributed by atoms with Crippen LogP contribution in [0.2, 0.25) is 0 Å². The van der Waals surface area contributed by atoms with Gasteiger partial charge in [-0.3, -0.25) is 9.59 Å². The van der Waals surface area contributed by atoms with Crippen molar-refractivity contribution in [2.45, 2.75) is 13.2 Å². The highest BCUT2D eigenvalue weighted by Gasteiger charge is 2.19. The van der Waals surface area contributed by atoms with Crippen molar-refractivity contribution in [2.75, 3.05) is 0 Å². The lowest BCUT2D eigenvalue weighted by molar-refractivity contribution is -0.0505. The van der Waals surface area contributed by atoms with Crippen molar-refractivity contribution in [1.29, 1.82) is 0 Å². The Morgan fingerprint density at radius 1 is 0.625 bits per heavy atom. The topological polar surface area (TPSA) is 52.6 Å². The first kappa shape index (κ1) is 17.5. The zero-order chi connectivity index (χ0) is 17.7. The van der Waals surface area contributed by atoms with Gasteiger partial charge in [0.25, 0.3) is 0 Å². The van der Waals surface area contributed by atoms with Crippen molar-refractivity contribution in [3.05, 3.63) is 59.7 Å². The lowest BCUT2D eigenvalue weighted by Gasteiger charge is -2.06. The van der Waals surface area contributed by atoms with Crippen LogP contribution in [0.1, 0.15) is 20.7 Å². The monoisotopic (exact) mass is 342 g/mol. The molecule has 0 spiro atoms. The smallest absolute Gasteiger partial charge is 0.387 e. The van der Waals surface area contributed by atoms with Crippen LogP contribution < -0.4 is 9.47 Å². The molecular formula is C16H10F4O4. The van der Waals surface area contributed by atoms with Crippen LogP contribution in [-0.4, -0.2) is 24.8 Å². The van der Waals surface area contributed by atoms with Gasteiger partial charge in [0.15, 0.2) is 0 Å². The minimum absolute atomic E-state index is 0.0190. The number of ketones is 2. The number of carbonyl (C=O) groups excluding carboxylic acids is 2. The number of rotatable bonds is 7. The molecule has 0 aromatic heterocycles. The molecule has 0 aliphatic heterocycles. The van der Waals surface area contributed by atoms with Gasteiger partial charge in [0.2, 0.25) is 11.6 Å². The highest BCUT2D eigenvalue weighted by Crippen LogP contribution is 2.18. The van der Waals surface area contributed by atoms with Crippen molar-refractivity contribution in [3.8, 4) is 11.5 Å². The molecule has 0 fully saturated rings. The molecule has 0 aliphatic carbocycles. The SMILES string of the molecule is O=C(C(=O)c1ccc(OC(F)F)cc1)c1ccc(OC(F)F)cc1. The van der Waals surface area contributed by atoms with E-state index in [-0.39, 0.29) is 22.6 Å². The summed E-state index contributed by atoms with van der Waals surface area (Å²) in [5, 5.41) is 0.